The van der Waals surface area contributed by atoms with Gasteiger partial charge >= 0.3 is 0 Å². The summed E-state index contributed by atoms with van der Waals surface area (Å²) in [5.74, 6) is 1.35. The summed E-state index contributed by atoms with van der Waals surface area (Å²) in [5, 5.41) is 16.4. The number of nitrogens with zero attached hydrogens (tertiary/aromatic N) is 4. The number of rotatable bonds is 6. The minimum atomic E-state index is -3.64. The number of hydrogen-bond donors (Lipinski definition) is 2. The van der Waals surface area contributed by atoms with Gasteiger partial charge in [-0.15, -0.1) is 5.10 Å². The SMILES string of the molecule is NS(=O)(=O)c1ccc(CCNc2cnnc(N3CCCC3)n2)cc1. The van der Waals surface area contributed by atoms with E-state index >= 15 is 0 Å². The summed E-state index contributed by atoms with van der Waals surface area (Å²) in [6, 6.07) is 6.55. The van der Waals surface area contributed by atoms with Gasteiger partial charge in [0.1, 0.15) is 0 Å². The normalized spacial score (nSPS) is 14.8. The number of nitrogens with one attached hydrogen (secondary N) is 1. The quantitative estimate of drug-likeness (QED) is 0.792. The Morgan fingerprint density at radius 2 is 1.88 bits per heavy atom. The fourth-order valence-electron chi connectivity index (χ4n) is 2.61. The van der Waals surface area contributed by atoms with Gasteiger partial charge in [-0.05, 0) is 37.0 Å². The molecule has 9 heteroatoms. The lowest BCUT2D eigenvalue weighted by molar-refractivity contribution is 0.598. The molecule has 1 fully saturated rings. The molecule has 0 radical (unpaired) electrons. The Bertz CT molecular complexity index is 788. The monoisotopic (exact) mass is 348 g/mol. The van der Waals surface area contributed by atoms with Crippen LogP contribution in [0.2, 0.25) is 0 Å². The second kappa shape index (κ2) is 7.10. The van der Waals surface area contributed by atoms with Crippen molar-refractivity contribution < 1.29 is 8.42 Å². The van der Waals surface area contributed by atoms with Gasteiger partial charge in [-0.3, -0.25) is 0 Å². The highest BCUT2D eigenvalue weighted by Crippen LogP contribution is 2.16. The molecule has 0 atom stereocenters. The third-order valence-electron chi connectivity index (χ3n) is 3.91. The zero-order valence-corrected chi connectivity index (χ0v) is 14.0. The van der Waals surface area contributed by atoms with Crippen molar-refractivity contribution >= 4 is 21.8 Å². The molecule has 0 aliphatic carbocycles. The molecule has 0 unspecified atom stereocenters. The van der Waals surface area contributed by atoms with Crippen molar-refractivity contribution in [1.82, 2.24) is 15.2 Å². The lowest BCUT2D eigenvalue weighted by Crippen LogP contribution is -2.21. The van der Waals surface area contributed by atoms with Gasteiger partial charge in [-0.1, -0.05) is 12.1 Å². The van der Waals surface area contributed by atoms with Crippen molar-refractivity contribution in [2.75, 3.05) is 29.9 Å². The molecule has 8 nitrogen and oxygen atoms in total. The minimum absolute atomic E-state index is 0.120. The maximum atomic E-state index is 11.2. The van der Waals surface area contributed by atoms with Gasteiger partial charge in [0.25, 0.3) is 0 Å². The molecule has 0 amide bonds. The molecular weight excluding hydrogens is 328 g/mol. The lowest BCUT2D eigenvalue weighted by Gasteiger charge is -2.14. The van der Waals surface area contributed by atoms with Crippen LogP contribution in [0, 0.1) is 0 Å². The van der Waals surface area contributed by atoms with E-state index in [0.717, 1.165) is 37.9 Å². The number of nitrogens with two attached hydrogens (primary N) is 1. The Hall–Kier alpha value is -2.26. The summed E-state index contributed by atoms with van der Waals surface area (Å²) in [6.45, 7) is 2.61. The summed E-state index contributed by atoms with van der Waals surface area (Å²) in [4.78, 5) is 6.73. The molecule has 2 heterocycles. The average molecular weight is 348 g/mol. The smallest absolute Gasteiger partial charge is 0.247 e. The third-order valence-corrected chi connectivity index (χ3v) is 4.84. The molecule has 0 bridgehead atoms. The number of hydrogen-bond acceptors (Lipinski definition) is 7. The van der Waals surface area contributed by atoms with Crippen molar-refractivity contribution in [2.45, 2.75) is 24.2 Å². The molecule has 24 heavy (non-hydrogen) atoms. The van der Waals surface area contributed by atoms with Crippen LogP contribution in [0.4, 0.5) is 11.8 Å². The maximum Gasteiger partial charge on any atom is 0.247 e. The molecule has 0 saturated carbocycles. The number of anilines is 2. The lowest BCUT2D eigenvalue weighted by atomic mass is 10.1. The standard InChI is InChI=1S/C15H20N6O2S/c16-24(22,23)13-5-3-12(4-6-13)7-8-17-14-11-18-20-15(19-14)21-9-1-2-10-21/h3-6,11H,1-2,7-10H2,(H2,16,22,23)(H,17,19,20). The highest BCUT2D eigenvalue weighted by molar-refractivity contribution is 7.89. The van der Waals surface area contributed by atoms with E-state index in [0.29, 0.717) is 18.3 Å². The maximum absolute atomic E-state index is 11.2. The van der Waals surface area contributed by atoms with Crippen molar-refractivity contribution in [3.63, 3.8) is 0 Å². The van der Waals surface area contributed by atoms with Gasteiger partial charge in [-0.2, -0.15) is 10.1 Å². The molecule has 1 aliphatic rings. The number of benzene rings is 1. The van der Waals surface area contributed by atoms with Crippen LogP contribution in [0.5, 0.6) is 0 Å². The Kier molecular flexibility index (Phi) is 4.91. The van der Waals surface area contributed by atoms with Gasteiger partial charge in [0.15, 0.2) is 5.82 Å². The molecule has 1 aromatic carbocycles. The molecule has 1 aromatic heterocycles. The van der Waals surface area contributed by atoms with Crippen LogP contribution in [-0.4, -0.2) is 43.2 Å². The molecule has 1 saturated heterocycles. The minimum Gasteiger partial charge on any atom is -0.368 e. The Labute approximate surface area is 141 Å². The summed E-state index contributed by atoms with van der Waals surface area (Å²) in [6.07, 6.45) is 4.66. The molecule has 0 spiro atoms. The number of aromatic nitrogens is 3. The number of primary sulfonamides is 1. The summed E-state index contributed by atoms with van der Waals surface area (Å²) in [5.41, 5.74) is 1.01. The largest absolute Gasteiger partial charge is 0.368 e. The Balaban J connectivity index is 1.55. The molecule has 2 aromatic rings. The molecule has 3 N–H and O–H groups in total. The highest BCUT2D eigenvalue weighted by Gasteiger charge is 2.15. The fraction of sp³-hybridized carbons (Fsp3) is 0.400. The van der Waals surface area contributed by atoms with Gasteiger partial charge in [0.2, 0.25) is 16.0 Å². The van der Waals surface area contributed by atoms with E-state index < -0.39 is 10.0 Å². The average Bonchev–Trinajstić information content (AvgIpc) is 3.09. The summed E-state index contributed by atoms with van der Waals surface area (Å²) >= 11 is 0. The van der Waals surface area contributed by atoms with Gasteiger partial charge < -0.3 is 10.2 Å². The fourth-order valence-corrected chi connectivity index (χ4v) is 3.13. The van der Waals surface area contributed by atoms with Crippen molar-refractivity contribution in [3.8, 4) is 0 Å². The van der Waals surface area contributed by atoms with Crippen LogP contribution in [0.15, 0.2) is 35.4 Å². The second-order valence-corrected chi connectivity index (χ2v) is 7.26. The van der Waals surface area contributed by atoms with E-state index in [-0.39, 0.29) is 4.90 Å². The van der Waals surface area contributed by atoms with Crippen LogP contribution in [-0.2, 0) is 16.4 Å². The van der Waals surface area contributed by atoms with Crippen LogP contribution in [0.1, 0.15) is 18.4 Å². The van der Waals surface area contributed by atoms with Crippen LogP contribution < -0.4 is 15.4 Å². The van der Waals surface area contributed by atoms with Crippen molar-refractivity contribution in [2.24, 2.45) is 5.14 Å². The molecule has 3 rings (SSSR count). The van der Waals surface area contributed by atoms with E-state index in [9.17, 15) is 8.42 Å². The zero-order valence-electron chi connectivity index (χ0n) is 13.2. The van der Waals surface area contributed by atoms with E-state index in [1.807, 2.05) is 0 Å². The van der Waals surface area contributed by atoms with Gasteiger partial charge in [0.05, 0.1) is 11.1 Å². The zero-order chi connectivity index (χ0) is 17.0. The second-order valence-electron chi connectivity index (χ2n) is 5.70. The summed E-state index contributed by atoms with van der Waals surface area (Å²) in [7, 11) is -3.64. The van der Waals surface area contributed by atoms with Gasteiger partial charge in [0, 0.05) is 19.6 Å². The highest BCUT2D eigenvalue weighted by atomic mass is 32.2. The number of sulfonamides is 1. The third kappa shape index (κ3) is 4.18. The first-order chi connectivity index (χ1) is 11.5. The van der Waals surface area contributed by atoms with E-state index in [2.05, 4.69) is 25.4 Å². The first-order valence-electron chi connectivity index (χ1n) is 7.83. The predicted octanol–water partition coefficient (Wildman–Crippen LogP) is 0.774. The van der Waals surface area contributed by atoms with E-state index in [1.54, 1.807) is 18.3 Å². The van der Waals surface area contributed by atoms with Crippen LogP contribution in [0.25, 0.3) is 0 Å². The van der Waals surface area contributed by atoms with E-state index in [1.165, 1.54) is 12.1 Å². The topological polar surface area (TPSA) is 114 Å². The summed E-state index contributed by atoms with van der Waals surface area (Å²) < 4.78 is 22.4. The van der Waals surface area contributed by atoms with Crippen LogP contribution in [0.3, 0.4) is 0 Å². The first kappa shape index (κ1) is 16.6. The van der Waals surface area contributed by atoms with Crippen LogP contribution >= 0.6 is 0 Å². The van der Waals surface area contributed by atoms with Crippen molar-refractivity contribution in [1.29, 1.82) is 0 Å². The molecule has 1 aliphatic heterocycles. The Morgan fingerprint density at radius 3 is 2.54 bits per heavy atom. The first-order valence-corrected chi connectivity index (χ1v) is 9.37. The van der Waals surface area contributed by atoms with Gasteiger partial charge in [-0.25, -0.2) is 13.6 Å². The van der Waals surface area contributed by atoms with E-state index in [4.69, 9.17) is 5.14 Å². The molecular formula is C15H20N6O2S. The molecule has 128 valence electrons. The predicted molar refractivity (Wildman–Crippen MR) is 91.3 cm³/mol. The van der Waals surface area contributed by atoms with Crippen molar-refractivity contribution in [3.05, 3.63) is 36.0 Å². The Morgan fingerprint density at radius 1 is 1.17 bits per heavy atom.